The minimum Gasteiger partial charge on any atom is -0.452 e. The number of nitrogens with zero attached hydrogens (tertiary/aromatic N) is 4. The van der Waals surface area contributed by atoms with Crippen molar-refractivity contribution in [1.29, 1.82) is 0 Å². The molecule has 0 bridgehead atoms. The third-order valence-electron chi connectivity index (χ3n) is 12.3. The van der Waals surface area contributed by atoms with Crippen LogP contribution in [-0.2, 0) is 61.5 Å². The molecule has 9 atom stereocenters. The standard InChI is InChI=1S/C55H64N4O20P2SSi3/c1-83(2,3)77-80(69,75-45-40(34-60)71-51(47(45)76-81(82,78-84(4,5)6)79-85(7,8)9)57-33-31-43(62)59(55(57)68)49(64)37-24-16-11-17-25-37)70-35-41-44(73-52(65)38-26-18-12-19-27-38)46(74-53(66)39-28-20-13-21-29-39)50(72-41)56-32-30-42(61)58(54(56)67)48(63)36-22-14-10-15-23-36/h10-33,40-41,44-47,50-51,60H,34-35H2,1-9H3/t40-,41-,44-,45-,46-,47-,50-,51-,80?/m1/s1. The van der Waals surface area contributed by atoms with Crippen LogP contribution in [0.2, 0.25) is 58.9 Å². The van der Waals surface area contributed by atoms with Gasteiger partial charge in [-0.25, -0.2) is 23.7 Å². The molecule has 2 aliphatic rings. The highest BCUT2D eigenvalue weighted by Crippen LogP contribution is 2.61. The summed E-state index contributed by atoms with van der Waals surface area (Å²) >= 11 is 6.14. The van der Waals surface area contributed by atoms with Crippen molar-refractivity contribution in [1.82, 2.24) is 18.3 Å². The summed E-state index contributed by atoms with van der Waals surface area (Å²) in [7, 11) is -13.9. The maximum atomic E-state index is 15.9. The van der Waals surface area contributed by atoms with Crippen LogP contribution in [-0.4, -0.2) is 122 Å². The first kappa shape index (κ1) is 64.7. The topological polar surface area (TPSA) is 286 Å². The van der Waals surface area contributed by atoms with Gasteiger partial charge in [0, 0.05) is 35.7 Å². The Morgan fingerprint density at radius 1 is 0.506 bits per heavy atom. The van der Waals surface area contributed by atoms with E-state index in [-0.39, 0.29) is 22.3 Å². The molecule has 0 spiro atoms. The van der Waals surface area contributed by atoms with Crippen LogP contribution in [0.4, 0.5) is 0 Å². The van der Waals surface area contributed by atoms with Crippen molar-refractivity contribution < 1.29 is 74.0 Å². The molecule has 85 heavy (non-hydrogen) atoms. The van der Waals surface area contributed by atoms with Gasteiger partial charge in [-0.15, -0.1) is 0 Å². The van der Waals surface area contributed by atoms with Crippen LogP contribution in [0.15, 0.2) is 165 Å². The van der Waals surface area contributed by atoms with Gasteiger partial charge in [0.1, 0.15) is 24.4 Å². The van der Waals surface area contributed by atoms with E-state index in [1.165, 1.54) is 72.8 Å². The molecule has 8 rings (SSSR count). The number of phosphoric ester groups is 1. The lowest BCUT2D eigenvalue weighted by atomic mass is 10.1. The lowest BCUT2D eigenvalue weighted by Gasteiger charge is -2.37. The van der Waals surface area contributed by atoms with Gasteiger partial charge in [-0.05, 0) is 119 Å². The van der Waals surface area contributed by atoms with E-state index in [9.17, 15) is 43.5 Å². The average Bonchev–Trinajstić information content (AvgIpc) is 1.88. The fourth-order valence-corrected chi connectivity index (χ4v) is 24.0. The molecule has 452 valence electrons. The first-order chi connectivity index (χ1) is 40.0. The fraction of sp³-hybridized carbons (Fsp3) is 0.345. The minimum atomic E-state index is -5.24. The Kier molecular flexibility index (Phi) is 20.1. The zero-order chi connectivity index (χ0) is 61.8. The number of carbonyl (C=O) groups is 4. The van der Waals surface area contributed by atoms with Gasteiger partial charge in [-0.2, -0.15) is 9.13 Å². The quantitative estimate of drug-likeness (QED) is 0.0395. The van der Waals surface area contributed by atoms with Crippen LogP contribution in [0.1, 0.15) is 53.9 Å². The van der Waals surface area contributed by atoms with Gasteiger partial charge in [-0.3, -0.25) is 41.9 Å². The largest absolute Gasteiger partial charge is 0.465 e. The molecular weight excluding hydrogens is 1210 g/mol. The molecule has 2 fully saturated rings. The predicted molar refractivity (Wildman–Crippen MR) is 319 cm³/mol. The number of aliphatic hydroxyl groups is 1. The molecule has 1 unspecified atom stereocenters. The Balaban J connectivity index is 1.24. The number of hydrogen-bond acceptors (Lipinski definition) is 21. The summed E-state index contributed by atoms with van der Waals surface area (Å²) in [5.74, 6) is -3.99. The maximum Gasteiger partial charge on any atom is 0.465 e. The lowest BCUT2D eigenvalue weighted by Crippen LogP contribution is -2.47. The van der Waals surface area contributed by atoms with Crippen LogP contribution in [0.5, 0.6) is 0 Å². The average molecular weight is 1280 g/mol. The number of aliphatic hydroxyl groups excluding tert-OH is 1. The van der Waals surface area contributed by atoms with Gasteiger partial charge in [0.05, 0.1) is 24.3 Å². The van der Waals surface area contributed by atoms with Gasteiger partial charge >= 0.3 is 37.9 Å². The number of aromatic nitrogens is 4. The zero-order valence-corrected chi connectivity index (χ0v) is 53.3. The predicted octanol–water partition coefficient (Wildman–Crippen LogP) is 7.32. The molecule has 0 radical (unpaired) electrons. The van der Waals surface area contributed by atoms with E-state index in [1.807, 2.05) is 39.3 Å². The number of carbonyl (C=O) groups excluding carboxylic acids is 4. The summed E-state index contributed by atoms with van der Waals surface area (Å²) in [5.41, 5.74) is -4.51. The second kappa shape index (κ2) is 26.3. The third kappa shape index (κ3) is 15.8. The Morgan fingerprint density at radius 3 is 1.28 bits per heavy atom. The van der Waals surface area contributed by atoms with Crippen molar-refractivity contribution >= 4 is 75.1 Å². The van der Waals surface area contributed by atoms with Crippen LogP contribution in [0, 0.1) is 0 Å². The third-order valence-corrected chi connectivity index (χ3v) is 24.7. The second-order valence-corrected chi connectivity index (χ2v) is 41.1. The van der Waals surface area contributed by atoms with Gasteiger partial charge in [0.15, 0.2) is 49.6 Å². The van der Waals surface area contributed by atoms with E-state index in [1.54, 1.807) is 68.2 Å². The number of esters is 2. The van der Waals surface area contributed by atoms with Crippen LogP contribution >= 0.6 is 14.5 Å². The summed E-state index contributed by atoms with van der Waals surface area (Å²) in [6.45, 7) is 9.94. The summed E-state index contributed by atoms with van der Waals surface area (Å²) in [6, 6.07) is 32.1. The molecular formula is C55H64N4O20P2SSi3. The summed E-state index contributed by atoms with van der Waals surface area (Å²) in [4.78, 5) is 112. The Morgan fingerprint density at radius 2 is 0.882 bits per heavy atom. The highest BCUT2D eigenvalue weighted by molar-refractivity contribution is 8.08. The molecule has 4 heterocycles. The Bertz CT molecular complexity index is 3740. The van der Waals surface area contributed by atoms with Crippen molar-refractivity contribution in [3.8, 4) is 0 Å². The number of hydrogen-bond donors (Lipinski definition) is 1. The first-order valence-corrected chi connectivity index (χ1v) is 40.9. The van der Waals surface area contributed by atoms with Gasteiger partial charge in [0.2, 0.25) is 0 Å². The van der Waals surface area contributed by atoms with Crippen LogP contribution in [0.3, 0.4) is 0 Å². The van der Waals surface area contributed by atoms with Crippen molar-refractivity contribution in [2.24, 2.45) is 0 Å². The smallest absolute Gasteiger partial charge is 0.452 e. The molecule has 2 aliphatic heterocycles. The van der Waals surface area contributed by atoms with E-state index in [0.717, 1.165) is 33.7 Å². The Hall–Kier alpha value is -6.31. The summed E-state index contributed by atoms with van der Waals surface area (Å²) in [6.07, 6.45) is -12.1. The molecule has 24 nitrogen and oxygen atoms in total. The maximum absolute atomic E-state index is 15.9. The van der Waals surface area contributed by atoms with E-state index >= 15 is 4.57 Å². The second-order valence-electron chi connectivity index (χ2n) is 22.4. The molecule has 2 saturated heterocycles. The van der Waals surface area contributed by atoms with Crippen molar-refractivity contribution in [2.75, 3.05) is 13.2 Å². The van der Waals surface area contributed by atoms with Gasteiger partial charge < -0.3 is 36.7 Å². The van der Waals surface area contributed by atoms with Gasteiger partial charge in [-0.1, -0.05) is 72.8 Å². The SMILES string of the molecule is C[Si](C)(C)OP(=O)(OC[C@H]1O[C@@H](n2ccc(=O)n(C(=O)c3ccccc3)c2=O)[C@H](OC(=O)c2ccccc2)[C@@H]1OC(=O)c1ccccc1)O[C@H]1[C@@H](OP(=S)(O[Si](C)(C)C)O[Si](C)(C)C)[C@H](n2ccc(=O)n(C(=O)c3ccccc3)c2=O)O[C@@H]1CO. The molecule has 30 heteroatoms. The molecule has 1 N–H and O–H groups in total. The molecule has 2 aromatic heterocycles. The minimum absolute atomic E-state index is 0.0114. The van der Waals surface area contributed by atoms with Crippen LogP contribution < -0.4 is 22.5 Å². The molecule has 0 saturated carbocycles. The normalized spacial score (nSPS) is 21.7. The zero-order valence-electron chi connectivity index (χ0n) is 47.7. The van der Waals surface area contributed by atoms with Crippen molar-refractivity contribution in [2.45, 2.75) is 108 Å². The summed E-state index contributed by atoms with van der Waals surface area (Å²) in [5, 5.41) is 11.2. The monoisotopic (exact) mass is 1280 g/mol. The number of benzene rings is 4. The molecule has 6 aromatic rings. The van der Waals surface area contributed by atoms with Crippen molar-refractivity contribution in [3.05, 3.63) is 210 Å². The van der Waals surface area contributed by atoms with Crippen molar-refractivity contribution in [3.63, 3.8) is 0 Å². The van der Waals surface area contributed by atoms with E-state index in [4.69, 9.17) is 57.0 Å². The van der Waals surface area contributed by atoms with E-state index in [2.05, 4.69) is 0 Å². The molecule has 0 aliphatic carbocycles. The number of rotatable bonds is 22. The van der Waals surface area contributed by atoms with E-state index in [0.29, 0.717) is 9.13 Å². The highest BCUT2D eigenvalue weighted by Gasteiger charge is 2.57. The number of ether oxygens (including phenoxy) is 4. The highest BCUT2D eigenvalue weighted by atomic mass is 32.5. The fourth-order valence-electron chi connectivity index (χ4n) is 8.96. The lowest BCUT2D eigenvalue weighted by molar-refractivity contribution is -0.0645. The molecule has 0 amide bonds. The van der Waals surface area contributed by atoms with E-state index < -0.39 is 148 Å². The number of phosphoric acid groups is 1. The van der Waals surface area contributed by atoms with Crippen LogP contribution in [0.25, 0.3) is 0 Å². The Labute approximate surface area is 495 Å². The van der Waals surface area contributed by atoms with Gasteiger partial charge in [0.25, 0.3) is 22.9 Å². The first-order valence-electron chi connectivity index (χ1n) is 26.6. The molecule has 4 aromatic carbocycles. The summed E-state index contributed by atoms with van der Waals surface area (Å²) < 4.78 is 82.1.